The summed E-state index contributed by atoms with van der Waals surface area (Å²) in [5, 5.41) is 19.4. The van der Waals surface area contributed by atoms with Crippen molar-refractivity contribution in [3.63, 3.8) is 0 Å². The number of ether oxygens (including phenoxy) is 1. The molecule has 176 valence electrons. The number of hydrazone groups is 1. The molecule has 3 aromatic rings. The van der Waals surface area contributed by atoms with E-state index < -0.39 is 22.8 Å². The Hall–Kier alpha value is -4.34. The van der Waals surface area contributed by atoms with Crippen LogP contribution in [0.4, 0.5) is 5.69 Å². The minimum Gasteiger partial charge on any atom is -0.423 e. The van der Waals surface area contributed by atoms with E-state index in [9.17, 15) is 19.7 Å². The van der Waals surface area contributed by atoms with Gasteiger partial charge in [0.1, 0.15) is 23.2 Å². The lowest BCUT2D eigenvalue weighted by Gasteiger charge is -2.12. The molecule has 3 rings (SSSR count). The topological polar surface area (TPSA) is 129 Å². The van der Waals surface area contributed by atoms with Crippen molar-refractivity contribution in [1.82, 2.24) is 15.2 Å². The van der Waals surface area contributed by atoms with Gasteiger partial charge in [-0.05, 0) is 76.1 Å². The molecule has 1 N–H and O–H groups in total. The number of carbonyl (C=O) groups is 2. The van der Waals surface area contributed by atoms with Crippen molar-refractivity contribution in [2.24, 2.45) is 5.10 Å². The second-order valence-corrected chi connectivity index (χ2v) is 7.80. The Balaban J connectivity index is 1.66. The molecule has 2 aromatic carbocycles. The van der Waals surface area contributed by atoms with Crippen LogP contribution in [0.2, 0.25) is 0 Å². The molecule has 1 heterocycles. The summed E-state index contributed by atoms with van der Waals surface area (Å²) in [5.74, 6) is -0.529. The van der Waals surface area contributed by atoms with E-state index in [-0.39, 0.29) is 11.4 Å². The van der Waals surface area contributed by atoms with Gasteiger partial charge in [-0.25, -0.2) is 10.2 Å². The molecule has 1 atom stereocenters. The van der Waals surface area contributed by atoms with E-state index in [1.54, 1.807) is 57.2 Å². The molecule has 10 nitrogen and oxygen atoms in total. The van der Waals surface area contributed by atoms with Gasteiger partial charge in [0.15, 0.2) is 0 Å². The SMILES string of the molecule is CC(=NNC(=O)C(C)n1nc(C)c([N+](=O)[O-])c1C)c1ccc(OC(=O)c2ccccc2C)cc1. The normalized spacial score (nSPS) is 12.2. The molecule has 0 saturated heterocycles. The Morgan fingerprint density at radius 1 is 1.12 bits per heavy atom. The number of hydrogen-bond donors (Lipinski definition) is 1. The fourth-order valence-electron chi connectivity index (χ4n) is 3.43. The zero-order valence-corrected chi connectivity index (χ0v) is 19.5. The van der Waals surface area contributed by atoms with E-state index >= 15 is 0 Å². The standard InChI is InChI=1S/C24H25N5O5/c1-14-8-6-7-9-21(14)24(31)34-20-12-10-19(11-13-20)15(2)25-26-23(30)18(5)28-17(4)22(29(32)33)16(3)27-28/h6-13,18H,1-5H3,(H,26,30). The van der Waals surface area contributed by atoms with E-state index in [0.717, 1.165) is 5.56 Å². The van der Waals surface area contributed by atoms with Crippen LogP contribution in [0.5, 0.6) is 5.75 Å². The zero-order valence-electron chi connectivity index (χ0n) is 19.5. The molecule has 0 aliphatic carbocycles. The van der Waals surface area contributed by atoms with Crippen LogP contribution in [0.1, 0.15) is 52.8 Å². The average Bonchev–Trinajstić information content (AvgIpc) is 3.11. The van der Waals surface area contributed by atoms with Crippen molar-refractivity contribution in [2.45, 2.75) is 40.7 Å². The number of aromatic nitrogens is 2. The number of hydrogen-bond acceptors (Lipinski definition) is 7. The molecular formula is C24H25N5O5. The smallest absolute Gasteiger partial charge is 0.343 e. The molecule has 0 saturated carbocycles. The van der Waals surface area contributed by atoms with Gasteiger partial charge >= 0.3 is 11.7 Å². The second kappa shape index (κ2) is 10.1. The molecule has 0 spiro atoms. The number of amides is 1. The highest BCUT2D eigenvalue weighted by atomic mass is 16.6. The summed E-state index contributed by atoms with van der Waals surface area (Å²) >= 11 is 0. The van der Waals surface area contributed by atoms with Crippen molar-refractivity contribution in [3.05, 3.63) is 86.7 Å². The number of rotatable bonds is 7. The molecule has 1 aromatic heterocycles. The molecule has 34 heavy (non-hydrogen) atoms. The zero-order chi connectivity index (χ0) is 25.0. The lowest BCUT2D eigenvalue weighted by Crippen LogP contribution is -2.29. The number of nitrogens with zero attached hydrogens (tertiary/aromatic N) is 4. The summed E-state index contributed by atoms with van der Waals surface area (Å²) < 4.78 is 6.74. The van der Waals surface area contributed by atoms with Crippen molar-refractivity contribution >= 4 is 23.3 Å². The van der Waals surface area contributed by atoms with Crippen molar-refractivity contribution in [3.8, 4) is 5.75 Å². The molecule has 1 unspecified atom stereocenters. The van der Waals surface area contributed by atoms with Crippen molar-refractivity contribution in [2.75, 3.05) is 0 Å². The molecule has 0 fully saturated rings. The van der Waals surface area contributed by atoms with Crippen LogP contribution in [0.15, 0.2) is 53.6 Å². The lowest BCUT2D eigenvalue weighted by atomic mass is 10.1. The van der Waals surface area contributed by atoms with Crippen LogP contribution in [0.25, 0.3) is 0 Å². The highest BCUT2D eigenvalue weighted by Crippen LogP contribution is 2.24. The van der Waals surface area contributed by atoms with E-state index in [1.807, 2.05) is 19.1 Å². The minimum atomic E-state index is -0.799. The van der Waals surface area contributed by atoms with Gasteiger partial charge in [-0.3, -0.25) is 19.6 Å². The lowest BCUT2D eigenvalue weighted by molar-refractivity contribution is -0.386. The number of aryl methyl sites for hydroxylation is 2. The Kier molecular flexibility index (Phi) is 7.20. The van der Waals surface area contributed by atoms with Crippen LogP contribution in [0.3, 0.4) is 0 Å². The summed E-state index contributed by atoms with van der Waals surface area (Å²) in [7, 11) is 0. The van der Waals surface area contributed by atoms with Gasteiger partial charge in [-0.2, -0.15) is 10.2 Å². The maximum atomic E-state index is 12.6. The highest BCUT2D eigenvalue weighted by molar-refractivity contribution is 5.99. The average molecular weight is 463 g/mol. The van der Waals surface area contributed by atoms with Gasteiger partial charge < -0.3 is 4.74 Å². The summed E-state index contributed by atoms with van der Waals surface area (Å²) in [6, 6.07) is 13.1. The Bertz CT molecular complexity index is 1280. The summed E-state index contributed by atoms with van der Waals surface area (Å²) in [5.41, 5.74) is 5.46. The third-order valence-electron chi connectivity index (χ3n) is 5.40. The summed E-state index contributed by atoms with van der Waals surface area (Å²) in [6.45, 7) is 8.21. The third-order valence-corrected chi connectivity index (χ3v) is 5.40. The summed E-state index contributed by atoms with van der Waals surface area (Å²) in [4.78, 5) is 35.6. The fourth-order valence-corrected chi connectivity index (χ4v) is 3.43. The number of nitrogens with one attached hydrogen (secondary N) is 1. The van der Waals surface area contributed by atoms with Crippen molar-refractivity contribution in [1.29, 1.82) is 0 Å². The van der Waals surface area contributed by atoms with Crippen LogP contribution >= 0.6 is 0 Å². The minimum absolute atomic E-state index is 0.109. The first kappa shape index (κ1) is 24.3. The molecule has 0 aliphatic rings. The molecule has 0 aliphatic heterocycles. The number of carbonyl (C=O) groups excluding carboxylic acids is 2. The molecule has 1 amide bonds. The first-order valence-corrected chi connectivity index (χ1v) is 10.5. The maximum Gasteiger partial charge on any atom is 0.343 e. The monoisotopic (exact) mass is 463 g/mol. The third kappa shape index (κ3) is 5.17. The van der Waals surface area contributed by atoms with Gasteiger partial charge in [0.05, 0.1) is 16.2 Å². The van der Waals surface area contributed by atoms with Crippen LogP contribution in [-0.4, -0.2) is 32.3 Å². The fraction of sp³-hybridized carbons (Fsp3) is 0.250. The van der Waals surface area contributed by atoms with Gasteiger partial charge in [0, 0.05) is 0 Å². The quantitative estimate of drug-likeness (QED) is 0.185. The largest absolute Gasteiger partial charge is 0.423 e. The first-order valence-electron chi connectivity index (χ1n) is 10.5. The highest BCUT2D eigenvalue weighted by Gasteiger charge is 2.27. The van der Waals surface area contributed by atoms with Gasteiger partial charge in [0.25, 0.3) is 5.91 Å². The second-order valence-electron chi connectivity index (χ2n) is 7.80. The Morgan fingerprint density at radius 3 is 2.35 bits per heavy atom. The van der Waals surface area contributed by atoms with E-state index in [0.29, 0.717) is 28.3 Å². The first-order chi connectivity index (χ1) is 16.1. The summed E-state index contributed by atoms with van der Waals surface area (Å²) in [6.07, 6.45) is 0. The number of nitro groups is 1. The molecular weight excluding hydrogens is 438 g/mol. The van der Waals surface area contributed by atoms with Crippen LogP contribution < -0.4 is 10.2 Å². The number of benzene rings is 2. The molecule has 0 bridgehead atoms. The number of esters is 1. The van der Waals surface area contributed by atoms with Crippen LogP contribution in [0, 0.1) is 30.9 Å². The molecule has 10 heteroatoms. The Labute approximate surface area is 196 Å². The van der Waals surface area contributed by atoms with Gasteiger partial charge in [-0.15, -0.1) is 0 Å². The maximum absolute atomic E-state index is 12.6. The van der Waals surface area contributed by atoms with Crippen molar-refractivity contribution < 1.29 is 19.2 Å². The predicted molar refractivity (Wildman–Crippen MR) is 126 cm³/mol. The van der Waals surface area contributed by atoms with Gasteiger partial charge in [0.2, 0.25) is 0 Å². The predicted octanol–water partition coefficient (Wildman–Crippen LogP) is 4.04. The van der Waals surface area contributed by atoms with E-state index in [1.165, 1.54) is 11.6 Å². The van der Waals surface area contributed by atoms with E-state index in [4.69, 9.17) is 4.74 Å². The van der Waals surface area contributed by atoms with Crippen LogP contribution in [-0.2, 0) is 4.79 Å². The Morgan fingerprint density at radius 2 is 1.76 bits per heavy atom. The van der Waals surface area contributed by atoms with Gasteiger partial charge in [-0.1, -0.05) is 18.2 Å². The molecule has 0 radical (unpaired) electrons. The van der Waals surface area contributed by atoms with E-state index in [2.05, 4.69) is 15.6 Å².